The van der Waals surface area contributed by atoms with Crippen LogP contribution in [-0.2, 0) is 9.84 Å². The van der Waals surface area contributed by atoms with E-state index in [1.54, 1.807) is 17.0 Å². The molecule has 2 N–H and O–H groups in total. The zero-order chi connectivity index (χ0) is 14.6. The second-order valence-corrected chi connectivity index (χ2v) is 6.70. The fourth-order valence-electron chi connectivity index (χ4n) is 1.76. The van der Waals surface area contributed by atoms with E-state index in [0.717, 1.165) is 6.26 Å². The highest BCUT2D eigenvalue weighted by molar-refractivity contribution is 7.90. The first-order chi connectivity index (χ1) is 8.77. The fourth-order valence-corrected chi connectivity index (χ4v) is 2.43. The molecule has 0 saturated heterocycles. The number of rotatable bonds is 5. The maximum atomic E-state index is 12.3. The minimum absolute atomic E-state index is 0.0120. The quantitative estimate of drug-likeness (QED) is 0.871. The van der Waals surface area contributed by atoms with Gasteiger partial charge in [-0.05, 0) is 32.0 Å². The Morgan fingerprint density at radius 3 is 2.47 bits per heavy atom. The van der Waals surface area contributed by atoms with Gasteiger partial charge in [0.1, 0.15) is 0 Å². The molecule has 0 aromatic heterocycles. The van der Waals surface area contributed by atoms with Crippen LogP contribution in [0.5, 0.6) is 0 Å². The van der Waals surface area contributed by atoms with Gasteiger partial charge in [0, 0.05) is 31.0 Å². The summed E-state index contributed by atoms with van der Waals surface area (Å²) in [7, 11) is -3.31. The van der Waals surface area contributed by atoms with E-state index in [-0.39, 0.29) is 16.8 Å². The van der Waals surface area contributed by atoms with E-state index in [2.05, 4.69) is 0 Å². The van der Waals surface area contributed by atoms with E-state index in [9.17, 15) is 13.2 Å². The van der Waals surface area contributed by atoms with E-state index in [4.69, 9.17) is 5.73 Å². The molecule has 1 aromatic carbocycles. The number of hydrogen-bond donors (Lipinski definition) is 1. The highest BCUT2D eigenvalue weighted by Crippen LogP contribution is 2.14. The molecule has 0 spiro atoms. The number of carbonyl (C=O) groups excluding carboxylic acids is 1. The Kier molecular flexibility index (Phi) is 5.08. The third-order valence-corrected chi connectivity index (χ3v) is 3.87. The number of nitrogens with two attached hydrogens (primary N) is 1. The van der Waals surface area contributed by atoms with Crippen LogP contribution in [0, 0.1) is 0 Å². The maximum Gasteiger partial charge on any atom is 0.254 e. The Labute approximate surface area is 114 Å². The Hall–Kier alpha value is -1.40. The summed E-state index contributed by atoms with van der Waals surface area (Å²) in [5, 5.41) is 0. The number of carbonyl (C=O) groups is 1. The van der Waals surface area contributed by atoms with Crippen LogP contribution in [0.25, 0.3) is 0 Å². The smallest absolute Gasteiger partial charge is 0.254 e. The summed E-state index contributed by atoms with van der Waals surface area (Å²) in [5.74, 6) is -0.203. The summed E-state index contributed by atoms with van der Waals surface area (Å²) in [6.45, 7) is 4.61. The third kappa shape index (κ3) is 4.04. The van der Waals surface area contributed by atoms with Crippen molar-refractivity contribution < 1.29 is 13.2 Å². The van der Waals surface area contributed by atoms with Gasteiger partial charge in [0.2, 0.25) is 0 Å². The second kappa shape index (κ2) is 6.16. The van der Waals surface area contributed by atoms with Gasteiger partial charge in [-0.15, -0.1) is 0 Å². The fraction of sp³-hybridized carbons (Fsp3) is 0.462. The van der Waals surface area contributed by atoms with Crippen LogP contribution in [0.4, 0.5) is 0 Å². The molecule has 106 valence electrons. The summed E-state index contributed by atoms with van der Waals surface area (Å²) < 4.78 is 23.0. The van der Waals surface area contributed by atoms with Crippen molar-refractivity contribution in [3.8, 4) is 0 Å². The lowest BCUT2D eigenvalue weighted by Crippen LogP contribution is -2.40. The average Bonchev–Trinajstić information content (AvgIpc) is 2.34. The first-order valence-corrected chi connectivity index (χ1v) is 7.97. The number of benzene rings is 1. The molecule has 0 aliphatic rings. The lowest BCUT2D eigenvalue weighted by atomic mass is 10.1. The van der Waals surface area contributed by atoms with Crippen LogP contribution >= 0.6 is 0 Å². The van der Waals surface area contributed by atoms with Crippen molar-refractivity contribution >= 4 is 15.7 Å². The van der Waals surface area contributed by atoms with Crippen LogP contribution in [0.3, 0.4) is 0 Å². The summed E-state index contributed by atoms with van der Waals surface area (Å²) >= 11 is 0. The van der Waals surface area contributed by atoms with E-state index in [1.807, 2.05) is 13.8 Å². The molecule has 0 bridgehead atoms. The molecular formula is C13H20N2O3S. The Bertz CT molecular complexity index is 553. The van der Waals surface area contributed by atoms with Gasteiger partial charge in [-0.2, -0.15) is 0 Å². The molecule has 0 aliphatic carbocycles. The molecule has 6 heteroatoms. The third-order valence-electron chi connectivity index (χ3n) is 2.76. The van der Waals surface area contributed by atoms with Crippen LogP contribution in [0.2, 0.25) is 0 Å². The van der Waals surface area contributed by atoms with Gasteiger partial charge >= 0.3 is 0 Å². The van der Waals surface area contributed by atoms with Gasteiger partial charge in [-0.25, -0.2) is 8.42 Å². The molecule has 1 rings (SSSR count). The number of hydrogen-bond acceptors (Lipinski definition) is 4. The molecule has 1 aromatic rings. The van der Waals surface area contributed by atoms with Crippen LogP contribution in [0.1, 0.15) is 24.2 Å². The summed E-state index contributed by atoms with van der Waals surface area (Å²) in [6.07, 6.45) is 1.12. The Morgan fingerprint density at radius 1 is 1.37 bits per heavy atom. The highest BCUT2D eigenvalue weighted by atomic mass is 32.2. The van der Waals surface area contributed by atoms with E-state index in [0.29, 0.717) is 18.7 Å². The van der Waals surface area contributed by atoms with Gasteiger partial charge in [-0.1, -0.05) is 6.07 Å². The van der Waals surface area contributed by atoms with E-state index >= 15 is 0 Å². The molecule has 0 fully saturated rings. The van der Waals surface area contributed by atoms with Gasteiger partial charge in [0.15, 0.2) is 9.84 Å². The normalized spacial score (nSPS) is 11.6. The SMILES string of the molecule is CC(C)N(CCN)C(=O)c1cccc(S(C)(=O)=O)c1. The molecule has 0 atom stereocenters. The molecule has 0 saturated carbocycles. The maximum absolute atomic E-state index is 12.3. The number of sulfone groups is 1. The topological polar surface area (TPSA) is 80.5 Å². The summed E-state index contributed by atoms with van der Waals surface area (Å²) in [5.41, 5.74) is 5.86. The van der Waals surface area contributed by atoms with Crippen molar-refractivity contribution in [2.24, 2.45) is 5.73 Å². The van der Waals surface area contributed by atoms with Crippen molar-refractivity contribution in [1.82, 2.24) is 4.90 Å². The molecule has 0 heterocycles. The number of nitrogens with zero attached hydrogens (tertiary/aromatic N) is 1. The van der Waals surface area contributed by atoms with Crippen LogP contribution in [-0.4, -0.2) is 44.6 Å². The molecule has 19 heavy (non-hydrogen) atoms. The first-order valence-electron chi connectivity index (χ1n) is 6.08. The van der Waals surface area contributed by atoms with E-state index < -0.39 is 9.84 Å². The zero-order valence-electron chi connectivity index (χ0n) is 11.5. The summed E-state index contributed by atoms with van der Waals surface area (Å²) in [4.78, 5) is 14.1. The minimum Gasteiger partial charge on any atom is -0.335 e. The standard InChI is InChI=1S/C13H20N2O3S/c1-10(2)15(8-7-14)13(16)11-5-4-6-12(9-11)19(3,17)18/h4-6,9-10H,7-8,14H2,1-3H3. The lowest BCUT2D eigenvalue weighted by Gasteiger charge is -2.26. The molecule has 1 amide bonds. The molecule has 0 aliphatic heterocycles. The van der Waals surface area contributed by atoms with Crippen LogP contribution < -0.4 is 5.73 Å². The Morgan fingerprint density at radius 2 is 2.00 bits per heavy atom. The van der Waals surface area contributed by atoms with Gasteiger partial charge in [0.05, 0.1) is 4.90 Å². The molecule has 5 nitrogen and oxygen atoms in total. The number of amides is 1. The highest BCUT2D eigenvalue weighted by Gasteiger charge is 2.19. The Balaban J connectivity index is 3.12. The van der Waals surface area contributed by atoms with Gasteiger partial charge in [-0.3, -0.25) is 4.79 Å². The molecule has 0 unspecified atom stereocenters. The van der Waals surface area contributed by atoms with E-state index in [1.165, 1.54) is 12.1 Å². The summed E-state index contributed by atoms with van der Waals surface area (Å²) in [6, 6.07) is 6.09. The van der Waals surface area contributed by atoms with Crippen molar-refractivity contribution in [3.63, 3.8) is 0 Å². The van der Waals surface area contributed by atoms with Gasteiger partial charge in [0.25, 0.3) is 5.91 Å². The molecule has 0 radical (unpaired) electrons. The minimum atomic E-state index is -3.31. The second-order valence-electron chi connectivity index (χ2n) is 4.68. The van der Waals surface area contributed by atoms with Crippen molar-refractivity contribution in [2.75, 3.05) is 19.3 Å². The lowest BCUT2D eigenvalue weighted by molar-refractivity contribution is 0.0711. The monoisotopic (exact) mass is 284 g/mol. The molecular weight excluding hydrogens is 264 g/mol. The van der Waals surface area contributed by atoms with Gasteiger partial charge < -0.3 is 10.6 Å². The predicted molar refractivity (Wildman–Crippen MR) is 74.8 cm³/mol. The van der Waals surface area contributed by atoms with Crippen molar-refractivity contribution in [3.05, 3.63) is 29.8 Å². The van der Waals surface area contributed by atoms with Crippen molar-refractivity contribution in [1.29, 1.82) is 0 Å². The first kappa shape index (κ1) is 15.7. The zero-order valence-corrected chi connectivity index (χ0v) is 12.3. The predicted octanol–water partition coefficient (Wildman–Crippen LogP) is 0.899. The van der Waals surface area contributed by atoms with Crippen LogP contribution in [0.15, 0.2) is 29.2 Å². The average molecular weight is 284 g/mol. The van der Waals surface area contributed by atoms with Crippen molar-refractivity contribution in [2.45, 2.75) is 24.8 Å². The largest absolute Gasteiger partial charge is 0.335 e.